The summed E-state index contributed by atoms with van der Waals surface area (Å²) < 4.78 is 0. The van der Waals surface area contributed by atoms with E-state index in [0.29, 0.717) is 12.0 Å². The highest BCUT2D eigenvalue weighted by atomic mass is 35.5. The van der Waals surface area contributed by atoms with Crippen LogP contribution in [-0.4, -0.2) is 15.0 Å². The molecule has 0 fully saturated rings. The molecule has 0 spiro atoms. The summed E-state index contributed by atoms with van der Waals surface area (Å²) >= 11 is 11.0. The van der Waals surface area contributed by atoms with Crippen molar-refractivity contribution in [2.24, 2.45) is 0 Å². The number of hydrogen-bond donors (Lipinski definition) is 2. The summed E-state index contributed by atoms with van der Waals surface area (Å²) in [6, 6.07) is 4.68. The highest BCUT2D eigenvalue weighted by molar-refractivity contribution is 6.44. The summed E-state index contributed by atoms with van der Waals surface area (Å²) in [6.07, 6.45) is 0.323. The third-order valence-corrected chi connectivity index (χ3v) is 1.78. The standard InChI is InChI=1S/C8H8Cl2O2/c9-7(10)4-5-2-1-3-6(11)8(5)12/h1-3,7,11-12H,4H2. The SMILES string of the molecule is Oc1cccc(CC(Cl)Cl)c1O. The largest absolute Gasteiger partial charge is 0.504 e. The van der Waals surface area contributed by atoms with Gasteiger partial charge in [-0.05, 0) is 6.07 Å². The van der Waals surface area contributed by atoms with E-state index < -0.39 is 4.84 Å². The quantitative estimate of drug-likeness (QED) is 0.577. The lowest BCUT2D eigenvalue weighted by Crippen LogP contribution is -1.94. The van der Waals surface area contributed by atoms with Crippen LogP contribution in [0.3, 0.4) is 0 Å². The van der Waals surface area contributed by atoms with E-state index in [-0.39, 0.29) is 11.5 Å². The molecule has 0 amide bonds. The van der Waals surface area contributed by atoms with E-state index in [0.717, 1.165) is 0 Å². The molecule has 2 nitrogen and oxygen atoms in total. The zero-order chi connectivity index (χ0) is 9.14. The molecule has 0 aromatic heterocycles. The van der Waals surface area contributed by atoms with Crippen molar-refractivity contribution < 1.29 is 10.2 Å². The topological polar surface area (TPSA) is 40.5 Å². The molecule has 66 valence electrons. The number of halogens is 2. The van der Waals surface area contributed by atoms with Gasteiger partial charge in [-0.3, -0.25) is 0 Å². The third-order valence-electron chi connectivity index (χ3n) is 1.47. The van der Waals surface area contributed by atoms with Crippen molar-refractivity contribution in [1.82, 2.24) is 0 Å². The summed E-state index contributed by atoms with van der Waals surface area (Å²) in [6.45, 7) is 0. The van der Waals surface area contributed by atoms with Crippen molar-refractivity contribution in [3.63, 3.8) is 0 Å². The van der Waals surface area contributed by atoms with E-state index in [9.17, 15) is 5.11 Å². The first-order chi connectivity index (χ1) is 5.61. The van der Waals surface area contributed by atoms with Gasteiger partial charge in [-0.25, -0.2) is 0 Å². The first-order valence-electron chi connectivity index (χ1n) is 3.39. The van der Waals surface area contributed by atoms with Crippen molar-refractivity contribution in [2.45, 2.75) is 11.3 Å². The molecule has 2 N–H and O–H groups in total. The third kappa shape index (κ3) is 2.19. The normalized spacial score (nSPS) is 10.6. The number of para-hydroxylation sites is 1. The molecule has 0 aliphatic heterocycles. The molecule has 1 aromatic carbocycles. The van der Waals surface area contributed by atoms with Crippen LogP contribution >= 0.6 is 23.2 Å². The maximum atomic E-state index is 9.28. The summed E-state index contributed by atoms with van der Waals surface area (Å²) in [5, 5.41) is 18.4. The number of phenolic OH excluding ortho intramolecular Hbond substituents is 2. The summed E-state index contributed by atoms with van der Waals surface area (Å²) in [5.41, 5.74) is 0.546. The van der Waals surface area contributed by atoms with Crippen molar-refractivity contribution in [3.8, 4) is 11.5 Å². The number of hydrogen-bond acceptors (Lipinski definition) is 2. The molecule has 1 aromatic rings. The van der Waals surface area contributed by atoms with Crippen LogP contribution in [0.5, 0.6) is 11.5 Å². The Kier molecular flexibility index (Phi) is 3.06. The van der Waals surface area contributed by atoms with Gasteiger partial charge in [0.15, 0.2) is 11.5 Å². The Morgan fingerprint density at radius 2 is 1.92 bits per heavy atom. The Bertz CT molecular complexity index is 274. The van der Waals surface area contributed by atoms with E-state index in [1.807, 2.05) is 0 Å². The second-order valence-electron chi connectivity index (χ2n) is 2.38. The van der Waals surface area contributed by atoms with Gasteiger partial charge in [-0.15, -0.1) is 23.2 Å². The van der Waals surface area contributed by atoms with E-state index in [4.69, 9.17) is 28.3 Å². The fourth-order valence-electron chi connectivity index (χ4n) is 0.909. The van der Waals surface area contributed by atoms with Crippen molar-refractivity contribution in [3.05, 3.63) is 23.8 Å². The molecule has 0 atom stereocenters. The van der Waals surface area contributed by atoms with Crippen molar-refractivity contribution >= 4 is 23.2 Å². The zero-order valence-corrected chi connectivity index (χ0v) is 7.68. The summed E-state index contributed by atoms with van der Waals surface area (Å²) in [5.74, 6) is -0.301. The Morgan fingerprint density at radius 3 is 2.50 bits per heavy atom. The Hall–Kier alpha value is -0.600. The average Bonchev–Trinajstić information content (AvgIpc) is 1.98. The van der Waals surface area contributed by atoms with Gasteiger partial charge in [0.25, 0.3) is 0 Å². The second-order valence-corrected chi connectivity index (χ2v) is 3.66. The minimum atomic E-state index is -0.572. The summed E-state index contributed by atoms with van der Waals surface area (Å²) in [7, 11) is 0. The first-order valence-corrected chi connectivity index (χ1v) is 4.26. The molecule has 0 bridgehead atoms. The second kappa shape index (κ2) is 3.87. The molecule has 4 heteroatoms. The smallest absolute Gasteiger partial charge is 0.160 e. The molecular weight excluding hydrogens is 199 g/mol. The van der Waals surface area contributed by atoms with Gasteiger partial charge in [-0.2, -0.15) is 0 Å². The fourth-order valence-corrected chi connectivity index (χ4v) is 1.24. The number of aromatic hydroxyl groups is 2. The summed E-state index contributed by atoms with van der Waals surface area (Å²) in [4.78, 5) is -0.572. The van der Waals surface area contributed by atoms with Crippen molar-refractivity contribution in [2.75, 3.05) is 0 Å². The number of rotatable bonds is 2. The van der Waals surface area contributed by atoms with Gasteiger partial charge in [0.2, 0.25) is 0 Å². The molecule has 0 saturated heterocycles. The molecule has 1 rings (SSSR count). The van der Waals surface area contributed by atoms with Crippen LogP contribution in [0.1, 0.15) is 5.56 Å². The molecule has 0 aliphatic carbocycles. The Morgan fingerprint density at radius 1 is 1.25 bits per heavy atom. The maximum absolute atomic E-state index is 9.28. The van der Waals surface area contributed by atoms with Crippen LogP contribution in [0.2, 0.25) is 0 Å². The van der Waals surface area contributed by atoms with Crippen LogP contribution < -0.4 is 0 Å². The van der Waals surface area contributed by atoms with E-state index in [2.05, 4.69) is 0 Å². The molecule has 12 heavy (non-hydrogen) atoms. The van der Waals surface area contributed by atoms with Gasteiger partial charge in [0.1, 0.15) is 4.84 Å². The monoisotopic (exact) mass is 206 g/mol. The van der Waals surface area contributed by atoms with Crippen LogP contribution in [0.15, 0.2) is 18.2 Å². The van der Waals surface area contributed by atoms with Crippen molar-refractivity contribution in [1.29, 1.82) is 0 Å². The predicted molar refractivity (Wildman–Crippen MR) is 49.0 cm³/mol. The Labute approximate surface area is 80.4 Å². The van der Waals surface area contributed by atoms with E-state index in [1.54, 1.807) is 12.1 Å². The number of phenols is 2. The molecule has 0 saturated carbocycles. The van der Waals surface area contributed by atoms with Gasteiger partial charge < -0.3 is 10.2 Å². The van der Waals surface area contributed by atoms with E-state index >= 15 is 0 Å². The first kappa shape index (κ1) is 9.49. The van der Waals surface area contributed by atoms with Crippen LogP contribution in [0, 0.1) is 0 Å². The van der Waals surface area contributed by atoms with Gasteiger partial charge >= 0.3 is 0 Å². The maximum Gasteiger partial charge on any atom is 0.160 e. The van der Waals surface area contributed by atoms with Crippen LogP contribution in [0.4, 0.5) is 0 Å². The fraction of sp³-hybridized carbons (Fsp3) is 0.250. The number of benzene rings is 1. The lowest BCUT2D eigenvalue weighted by atomic mass is 10.1. The van der Waals surface area contributed by atoms with Gasteiger partial charge in [-0.1, -0.05) is 12.1 Å². The predicted octanol–water partition coefficient (Wildman–Crippen LogP) is 2.44. The zero-order valence-electron chi connectivity index (χ0n) is 6.17. The van der Waals surface area contributed by atoms with Gasteiger partial charge in [0, 0.05) is 12.0 Å². The highest BCUT2D eigenvalue weighted by Gasteiger charge is 2.08. The van der Waals surface area contributed by atoms with E-state index in [1.165, 1.54) is 6.07 Å². The minimum absolute atomic E-state index is 0.149. The lowest BCUT2D eigenvalue weighted by Gasteiger charge is -2.05. The molecule has 0 unspecified atom stereocenters. The van der Waals surface area contributed by atoms with Crippen LogP contribution in [0.25, 0.3) is 0 Å². The Balaban J connectivity index is 2.92. The van der Waals surface area contributed by atoms with Gasteiger partial charge in [0.05, 0.1) is 0 Å². The van der Waals surface area contributed by atoms with Crippen LogP contribution in [-0.2, 0) is 6.42 Å². The minimum Gasteiger partial charge on any atom is -0.504 e. The highest BCUT2D eigenvalue weighted by Crippen LogP contribution is 2.30. The molecular formula is C8H8Cl2O2. The molecule has 0 heterocycles. The molecule has 0 aliphatic rings. The molecule has 0 radical (unpaired) electrons. The number of alkyl halides is 2. The average molecular weight is 207 g/mol. The lowest BCUT2D eigenvalue weighted by molar-refractivity contribution is 0.399.